The van der Waals surface area contributed by atoms with E-state index < -0.39 is 0 Å². The molecular weight excluding hydrogens is 152 g/mol. The van der Waals surface area contributed by atoms with Crippen LogP contribution in [0.1, 0.15) is 0 Å². The van der Waals surface area contributed by atoms with Crippen LogP contribution in [0.4, 0.5) is 5.69 Å². The first-order valence-electron chi connectivity index (χ1n) is 3.46. The highest BCUT2D eigenvalue weighted by molar-refractivity contribution is 5.78. The second-order valence-electron chi connectivity index (χ2n) is 2.33. The lowest BCUT2D eigenvalue weighted by Gasteiger charge is -1.89. The van der Waals surface area contributed by atoms with Crippen molar-refractivity contribution in [3.8, 4) is 0 Å². The van der Waals surface area contributed by atoms with Gasteiger partial charge in [0.2, 0.25) is 5.39 Å². The lowest BCUT2D eigenvalue weighted by molar-refractivity contribution is 1.29. The molecule has 0 bridgehead atoms. The molecule has 0 radical (unpaired) electrons. The Morgan fingerprint density at radius 3 is 2.58 bits per heavy atom. The number of nitrogens with zero attached hydrogens (tertiary/aromatic N) is 4. The van der Waals surface area contributed by atoms with Gasteiger partial charge in [-0.15, -0.1) is 0 Å². The van der Waals surface area contributed by atoms with Gasteiger partial charge in [0.15, 0.2) is 4.98 Å². The smallest absolute Gasteiger partial charge is 0.253 e. The minimum atomic E-state index is 0.489. The summed E-state index contributed by atoms with van der Waals surface area (Å²) in [5, 5.41) is 8.47. The molecule has 0 N–H and O–H groups in total. The summed E-state index contributed by atoms with van der Waals surface area (Å²) in [5.74, 6) is 0. The summed E-state index contributed by atoms with van der Waals surface area (Å²) in [6.45, 7) is 0. The van der Waals surface area contributed by atoms with Gasteiger partial charge in [-0.05, 0) is 6.07 Å². The zero-order chi connectivity index (χ0) is 8.39. The molecule has 2 rings (SSSR count). The van der Waals surface area contributed by atoms with E-state index in [4.69, 9.17) is 5.39 Å². The van der Waals surface area contributed by atoms with E-state index in [0.717, 1.165) is 11.0 Å². The lowest BCUT2D eigenvalue weighted by atomic mass is 10.3. The molecule has 1 aromatic carbocycles. The Morgan fingerprint density at radius 1 is 1.08 bits per heavy atom. The summed E-state index contributed by atoms with van der Waals surface area (Å²) in [6, 6.07) is 5.11. The van der Waals surface area contributed by atoms with E-state index in [-0.39, 0.29) is 0 Å². The SMILES string of the molecule is N#[N+]c1ccc2nccnc2c1. The number of rotatable bonds is 0. The number of aromatic nitrogens is 2. The fourth-order valence-corrected chi connectivity index (χ4v) is 1.01. The van der Waals surface area contributed by atoms with Gasteiger partial charge in [0.05, 0.1) is 17.1 Å². The predicted octanol–water partition coefficient (Wildman–Crippen LogP) is 2.11. The molecule has 12 heavy (non-hydrogen) atoms. The minimum Gasteiger partial charge on any atom is -0.253 e. The van der Waals surface area contributed by atoms with Gasteiger partial charge in [-0.1, -0.05) is 0 Å². The summed E-state index contributed by atoms with van der Waals surface area (Å²) in [6.07, 6.45) is 3.22. The topological polar surface area (TPSA) is 53.9 Å². The molecule has 0 aliphatic heterocycles. The number of hydrogen-bond acceptors (Lipinski definition) is 3. The van der Waals surface area contributed by atoms with E-state index in [1.54, 1.807) is 30.6 Å². The van der Waals surface area contributed by atoms with Crippen molar-refractivity contribution in [2.45, 2.75) is 0 Å². The van der Waals surface area contributed by atoms with Gasteiger partial charge >= 0.3 is 5.69 Å². The first kappa shape index (κ1) is 6.68. The first-order valence-corrected chi connectivity index (χ1v) is 3.46. The van der Waals surface area contributed by atoms with Crippen molar-refractivity contribution >= 4 is 16.7 Å². The number of diazo groups is 1. The minimum absolute atomic E-state index is 0.489. The zero-order valence-corrected chi connectivity index (χ0v) is 6.18. The first-order chi connectivity index (χ1) is 5.90. The molecule has 56 valence electrons. The Bertz CT molecular complexity index is 458. The summed E-state index contributed by atoms with van der Waals surface area (Å²) >= 11 is 0. The molecule has 0 amide bonds. The van der Waals surface area contributed by atoms with E-state index in [1.807, 2.05) is 0 Å². The quantitative estimate of drug-likeness (QED) is 0.550. The van der Waals surface area contributed by atoms with Gasteiger partial charge in [0.1, 0.15) is 0 Å². The third-order valence-electron chi connectivity index (χ3n) is 1.57. The van der Waals surface area contributed by atoms with Crippen molar-refractivity contribution in [2.75, 3.05) is 0 Å². The van der Waals surface area contributed by atoms with Crippen LogP contribution in [-0.4, -0.2) is 9.97 Å². The summed E-state index contributed by atoms with van der Waals surface area (Å²) in [7, 11) is 0. The Morgan fingerprint density at radius 2 is 1.83 bits per heavy atom. The Balaban J connectivity index is 2.78. The van der Waals surface area contributed by atoms with Crippen molar-refractivity contribution < 1.29 is 0 Å². The standard InChI is InChI=1S/C8H5N4/c9-12-6-1-2-7-8(5-6)11-4-3-10-7/h1-5H/q+1. The molecule has 0 aliphatic rings. The molecule has 0 saturated heterocycles. The second kappa shape index (κ2) is 2.55. The van der Waals surface area contributed by atoms with Crippen LogP contribution >= 0.6 is 0 Å². The molecule has 0 unspecified atom stereocenters. The maximum atomic E-state index is 8.47. The molecule has 0 fully saturated rings. The van der Waals surface area contributed by atoms with Gasteiger partial charge in [-0.3, -0.25) is 9.97 Å². The van der Waals surface area contributed by atoms with Crippen LogP contribution < -0.4 is 0 Å². The summed E-state index contributed by atoms with van der Waals surface area (Å²) in [5.41, 5.74) is 2.01. The highest BCUT2D eigenvalue weighted by Gasteiger charge is 2.05. The average Bonchev–Trinajstić information content (AvgIpc) is 2.17. The lowest BCUT2D eigenvalue weighted by Crippen LogP contribution is -1.79. The Hall–Kier alpha value is -2.02. The molecule has 0 saturated carbocycles. The number of benzene rings is 1. The highest BCUT2D eigenvalue weighted by Crippen LogP contribution is 2.16. The van der Waals surface area contributed by atoms with Crippen molar-refractivity contribution in [1.29, 1.82) is 5.39 Å². The van der Waals surface area contributed by atoms with Crippen LogP contribution in [0.5, 0.6) is 0 Å². The highest BCUT2D eigenvalue weighted by atomic mass is 14.9. The molecule has 1 heterocycles. The van der Waals surface area contributed by atoms with Crippen molar-refractivity contribution in [1.82, 2.24) is 9.97 Å². The monoisotopic (exact) mass is 157 g/mol. The molecule has 0 atom stereocenters. The summed E-state index contributed by atoms with van der Waals surface area (Å²) < 4.78 is 0. The molecule has 1 aromatic heterocycles. The molecule has 4 heteroatoms. The van der Waals surface area contributed by atoms with Crippen molar-refractivity contribution in [3.63, 3.8) is 0 Å². The number of hydrogen-bond donors (Lipinski definition) is 0. The fraction of sp³-hybridized carbons (Fsp3) is 0. The van der Waals surface area contributed by atoms with Crippen LogP contribution in [0.3, 0.4) is 0 Å². The molecule has 2 aromatic rings. The molecule has 0 aliphatic carbocycles. The van der Waals surface area contributed by atoms with E-state index >= 15 is 0 Å². The van der Waals surface area contributed by atoms with Gasteiger partial charge < -0.3 is 0 Å². The van der Waals surface area contributed by atoms with E-state index in [1.165, 1.54) is 0 Å². The van der Waals surface area contributed by atoms with Crippen molar-refractivity contribution in [2.24, 2.45) is 0 Å². The fourth-order valence-electron chi connectivity index (χ4n) is 1.01. The molecular formula is C8H5N4+. The number of fused-ring (bicyclic) bond motifs is 1. The second-order valence-corrected chi connectivity index (χ2v) is 2.33. The van der Waals surface area contributed by atoms with Gasteiger partial charge in [0.25, 0.3) is 0 Å². The maximum Gasteiger partial charge on any atom is 0.387 e. The van der Waals surface area contributed by atoms with E-state index in [0.29, 0.717) is 5.69 Å². The summed E-state index contributed by atoms with van der Waals surface area (Å²) in [4.78, 5) is 11.2. The normalized spacial score (nSPS) is 9.58. The third kappa shape index (κ3) is 0.974. The van der Waals surface area contributed by atoms with E-state index in [9.17, 15) is 0 Å². The maximum absolute atomic E-state index is 8.47. The zero-order valence-electron chi connectivity index (χ0n) is 6.18. The van der Waals surface area contributed by atoms with Crippen LogP contribution in [-0.2, 0) is 0 Å². The predicted molar refractivity (Wildman–Crippen MR) is 44.3 cm³/mol. The van der Waals surface area contributed by atoms with E-state index in [2.05, 4.69) is 14.9 Å². The van der Waals surface area contributed by atoms with Crippen LogP contribution in [0.2, 0.25) is 0 Å². The van der Waals surface area contributed by atoms with Gasteiger partial charge in [-0.2, -0.15) is 0 Å². The molecule has 4 nitrogen and oxygen atoms in total. The van der Waals surface area contributed by atoms with Crippen LogP contribution in [0.15, 0.2) is 30.6 Å². The Kier molecular flexibility index (Phi) is 1.42. The van der Waals surface area contributed by atoms with Gasteiger partial charge in [0, 0.05) is 18.5 Å². The van der Waals surface area contributed by atoms with Crippen LogP contribution in [0, 0.1) is 5.39 Å². The van der Waals surface area contributed by atoms with Gasteiger partial charge in [-0.25, -0.2) is 0 Å². The largest absolute Gasteiger partial charge is 0.387 e. The van der Waals surface area contributed by atoms with Crippen molar-refractivity contribution in [3.05, 3.63) is 35.6 Å². The Labute approximate surface area is 68.5 Å². The van der Waals surface area contributed by atoms with Crippen LogP contribution in [0.25, 0.3) is 16.0 Å². The average molecular weight is 157 g/mol. The molecule has 0 spiro atoms. The third-order valence-corrected chi connectivity index (χ3v) is 1.57.